The van der Waals surface area contributed by atoms with Gasteiger partial charge in [-0.25, -0.2) is 0 Å². The van der Waals surface area contributed by atoms with E-state index in [1.165, 1.54) is 11.1 Å². The summed E-state index contributed by atoms with van der Waals surface area (Å²) in [7, 11) is 0. The third kappa shape index (κ3) is 7.81. The number of hydrogen-bond donors (Lipinski definition) is 1. The van der Waals surface area contributed by atoms with Crippen LogP contribution in [0.4, 0.5) is 0 Å². The maximum Gasteiger partial charge on any atom is 0.242 e. The number of nitrogens with zero attached hydrogens (tertiary/aromatic N) is 1. The van der Waals surface area contributed by atoms with Crippen LogP contribution in [0.2, 0.25) is 0 Å². The highest BCUT2D eigenvalue weighted by atomic mass is 16.2. The van der Waals surface area contributed by atoms with Gasteiger partial charge in [0.05, 0.1) is 0 Å². The molecule has 0 bridgehead atoms. The van der Waals surface area contributed by atoms with Gasteiger partial charge in [0.1, 0.15) is 6.04 Å². The van der Waals surface area contributed by atoms with Crippen molar-refractivity contribution in [2.75, 3.05) is 13.1 Å². The number of aryl methyl sites for hydroxylation is 1. The van der Waals surface area contributed by atoms with Crippen LogP contribution in [0, 0.1) is 0 Å². The third-order valence-corrected chi connectivity index (χ3v) is 5.87. The van der Waals surface area contributed by atoms with E-state index in [-0.39, 0.29) is 17.2 Å². The molecule has 0 radical (unpaired) electrons. The minimum absolute atomic E-state index is 0.0410. The summed E-state index contributed by atoms with van der Waals surface area (Å²) in [4.78, 5) is 27.9. The van der Waals surface area contributed by atoms with Crippen molar-refractivity contribution >= 4 is 11.8 Å². The van der Waals surface area contributed by atoms with Gasteiger partial charge in [0, 0.05) is 19.5 Å². The summed E-state index contributed by atoms with van der Waals surface area (Å²) in [6, 6.07) is 18.3. The summed E-state index contributed by atoms with van der Waals surface area (Å²) >= 11 is 0. The molecule has 2 rings (SSSR count). The molecule has 0 saturated heterocycles. The zero-order valence-corrected chi connectivity index (χ0v) is 20.5. The molecule has 0 fully saturated rings. The van der Waals surface area contributed by atoms with E-state index in [1.54, 1.807) is 4.90 Å². The molecule has 0 aliphatic carbocycles. The maximum atomic E-state index is 13.3. The summed E-state index contributed by atoms with van der Waals surface area (Å²) in [5.41, 5.74) is 3.73. The van der Waals surface area contributed by atoms with Crippen molar-refractivity contribution in [3.05, 3.63) is 71.3 Å². The average molecular weight is 437 g/mol. The van der Waals surface area contributed by atoms with Gasteiger partial charge in [0.25, 0.3) is 0 Å². The van der Waals surface area contributed by atoms with Gasteiger partial charge in [-0.1, -0.05) is 89.2 Å². The summed E-state index contributed by atoms with van der Waals surface area (Å²) in [5.74, 6) is -0.00961. The Bertz CT molecular complexity index is 838. The second-order valence-electron chi connectivity index (χ2n) is 9.48. The second-order valence-corrected chi connectivity index (χ2v) is 9.48. The van der Waals surface area contributed by atoms with E-state index in [1.807, 2.05) is 32.0 Å². The minimum atomic E-state index is -0.430. The number of rotatable bonds is 11. The minimum Gasteiger partial charge on any atom is -0.354 e. The molecule has 32 heavy (non-hydrogen) atoms. The van der Waals surface area contributed by atoms with Crippen LogP contribution < -0.4 is 5.32 Å². The Morgan fingerprint density at radius 2 is 1.53 bits per heavy atom. The third-order valence-electron chi connectivity index (χ3n) is 5.87. The Kier molecular flexibility index (Phi) is 9.96. The smallest absolute Gasteiger partial charge is 0.242 e. The fourth-order valence-electron chi connectivity index (χ4n) is 3.83. The SMILES string of the molecule is CCCNC(=O)C(CC)N(CCc1ccccc1)C(=O)CCc1ccc(C(C)(C)C)cc1. The van der Waals surface area contributed by atoms with Gasteiger partial charge in [-0.2, -0.15) is 0 Å². The Morgan fingerprint density at radius 1 is 0.906 bits per heavy atom. The summed E-state index contributed by atoms with van der Waals surface area (Å²) in [6.07, 6.45) is 3.31. The Labute approximate surface area is 194 Å². The summed E-state index contributed by atoms with van der Waals surface area (Å²) in [5, 5.41) is 2.98. The molecule has 0 heterocycles. The molecular weight excluding hydrogens is 396 g/mol. The summed E-state index contributed by atoms with van der Waals surface area (Å²) < 4.78 is 0. The highest BCUT2D eigenvalue weighted by Gasteiger charge is 2.27. The lowest BCUT2D eigenvalue weighted by molar-refractivity contribution is -0.140. The second kappa shape index (κ2) is 12.4. The molecule has 2 amide bonds. The lowest BCUT2D eigenvalue weighted by atomic mass is 9.86. The molecule has 1 N–H and O–H groups in total. The van der Waals surface area contributed by atoms with Crippen molar-refractivity contribution in [2.24, 2.45) is 0 Å². The van der Waals surface area contributed by atoms with Crippen LogP contribution in [-0.4, -0.2) is 35.8 Å². The predicted molar refractivity (Wildman–Crippen MR) is 133 cm³/mol. The monoisotopic (exact) mass is 436 g/mol. The van der Waals surface area contributed by atoms with E-state index in [0.29, 0.717) is 32.4 Å². The van der Waals surface area contributed by atoms with Crippen molar-refractivity contribution in [3.63, 3.8) is 0 Å². The van der Waals surface area contributed by atoms with Gasteiger partial charge in [-0.15, -0.1) is 0 Å². The van der Waals surface area contributed by atoms with Gasteiger partial charge in [0.2, 0.25) is 11.8 Å². The lowest BCUT2D eigenvalue weighted by Gasteiger charge is -2.30. The van der Waals surface area contributed by atoms with E-state index in [0.717, 1.165) is 18.4 Å². The normalized spacial score (nSPS) is 12.3. The topological polar surface area (TPSA) is 49.4 Å². The van der Waals surface area contributed by atoms with Gasteiger partial charge >= 0.3 is 0 Å². The molecule has 1 atom stereocenters. The highest BCUT2D eigenvalue weighted by Crippen LogP contribution is 2.22. The van der Waals surface area contributed by atoms with Crippen LogP contribution in [0.1, 0.15) is 70.6 Å². The zero-order chi connectivity index (χ0) is 23.6. The van der Waals surface area contributed by atoms with E-state index in [9.17, 15) is 9.59 Å². The molecule has 0 aromatic heterocycles. The van der Waals surface area contributed by atoms with Crippen molar-refractivity contribution in [2.45, 2.75) is 78.2 Å². The first-order valence-electron chi connectivity index (χ1n) is 12.0. The molecule has 1 unspecified atom stereocenters. The maximum absolute atomic E-state index is 13.3. The Hall–Kier alpha value is -2.62. The highest BCUT2D eigenvalue weighted by molar-refractivity contribution is 5.87. The first kappa shape index (κ1) is 25.6. The molecule has 0 spiro atoms. The molecule has 4 heteroatoms. The van der Waals surface area contributed by atoms with E-state index < -0.39 is 6.04 Å². The fraction of sp³-hybridized carbons (Fsp3) is 0.500. The molecule has 2 aromatic rings. The molecule has 2 aromatic carbocycles. The molecule has 174 valence electrons. The van der Waals surface area contributed by atoms with Crippen LogP contribution in [0.5, 0.6) is 0 Å². The van der Waals surface area contributed by atoms with Gasteiger partial charge in [-0.05, 0) is 47.8 Å². The first-order chi connectivity index (χ1) is 15.3. The molecular formula is C28H40N2O2. The van der Waals surface area contributed by atoms with E-state index >= 15 is 0 Å². The van der Waals surface area contributed by atoms with Crippen LogP contribution in [0.25, 0.3) is 0 Å². The number of carbonyl (C=O) groups excluding carboxylic acids is 2. The predicted octanol–water partition coefficient (Wildman–Crippen LogP) is 5.29. The largest absolute Gasteiger partial charge is 0.354 e. The summed E-state index contributed by atoms with van der Waals surface area (Å²) in [6.45, 7) is 11.8. The molecule has 0 aliphatic rings. The first-order valence-corrected chi connectivity index (χ1v) is 12.0. The van der Waals surface area contributed by atoms with Crippen molar-refractivity contribution in [3.8, 4) is 0 Å². The van der Waals surface area contributed by atoms with Crippen molar-refractivity contribution in [1.82, 2.24) is 10.2 Å². The Morgan fingerprint density at radius 3 is 2.09 bits per heavy atom. The molecule has 0 aliphatic heterocycles. The number of nitrogens with one attached hydrogen (secondary N) is 1. The van der Waals surface area contributed by atoms with Crippen LogP contribution >= 0.6 is 0 Å². The standard InChI is InChI=1S/C28H40N2O2/c1-6-20-29-27(32)25(7-2)30(21-19-22-11-9-8-10-12-22)26(31)18-15-23-13-16-24(17-14-23)28(3,4)5/h8-14,16-17,25H,6-7,15,18-21H2,1-5H3,(H,29,32). The quantitative estimate of drug-likeness (QED) is 0.520. The van der Waals surface area contributed by atoms with Crippen LogP contribution in [0.15, 0.2) is 54.6 Å². The van der Waals surface area contributed by atoms with E-state index in [2.05, 4.69) is 62.5 Å². The van der Waals surface area contributed by atoms with Gasteiger partial charge in [0.15, 0.2) is 0 Å². The number of benzene rings is 2. The van der Waals surface area contributed by atoms with Gasteiger partial charge in [-0.3, -0.25) is 9.59 Å². The molecule has 4 nitrogen and oxygen atoms in total. The number of hydrogen-bond acceptors (Lipinski definition) is 2. The van der Waals surface area contributed by atoms with Crippen LogP contribution in [0.3, 0.4) is 0 Å². The van der Waals surface area contributed by atoms with Crippen molar-refractivity contribution in [1.29, 1.82) is 0 Å². The Balaban J connectivity index is 2.10. The zero-order valence-electron chi connectivity index (χ0n) is 20.5. The fourth-order valence-corrected chi connectivity index (χ4v) is 3.83. The van der Waals surface area contributed by atoms with E-state index in [4.69, 9.17) is 0 Å². The lowest BCUT2D eigenvalue weighted by Crippen LogP contribution is -2.50. The number of amides is 2. The van der Waals surface area contributed by atoms with Gasteiger partial charge < -0.3 is 10.2 Å². The number of carbonyl (C=O) groups is 2. The average Bonchev–Trinajstić information content (AvgIpc) is 2.79. The van der Waals surface area contributed by atoms with Crippen LogP contribution in [-0.2, 0) is 27.8 Å². The van der Waals surface area contributed by atoms with Crippen molar-refractivity contribution < 1.29 is 9.59 Å². The molecule has 0 saturated carbocycles.